The Morgan fingerprint density at radius 2 is 1.70 bits per heavy atom. The van der Waals surface area contributed by atoms with Gasteiger partial charge in [0, 0.05) is 0 Å². The zero-order chi connectivity index (χ0) is 13.9. The second-order valence-electron chi connectivity index (χ2n) is 4.20. The van der Waals surface area contributed by atoms with Crippen molar-refractivity contribution in [1.82, 2.24) is 9.97 Å². The second-order valence-corrected chi connectivity index (χ2v) is 4.20. The van der Waals surface area contributed by atoms with E-state index in [0.717, 1.165) is 16.6 Å². The minimum atomic E-state index is -0.434. The summed E-state index contributed by atoms with van der Waals surface area (Å²) < 4.78 is 10.00. The first kappa shape index (κ1) is 12.3. The van der Waals surface area contributed by atoms with Crippen LogP contribution in [-0.4, -0.2) is 29.7 Å². The van der Waals surface area contributed by atoms with Gasteiger partial charge >= 0.3 is 5.97 Å². The Kier molecular flexibility index (Phi) is 3.16. The summed E-state index contributed by atoms with van der Waals surface area (Å²) >= 11 is 0. The van der Waals surface area contributed by atoms with Crippen molar-refractivity contribution in [2.75, 3.05) is 13.7 Å². The van der Waals surface area contributed by atoms with E-state index < -0.39 is 5.97 Å². The Morgan fingerprint density at radius 3 is 2.45 bits per heavy atom. The fraction of sp³-hybridized carbons (Fsp3) is 0.133. The molecule has 0 saturated carbocycles. The molecule has 0 saturated heterocycles. The highest BCUT2D eigenvalue weighted by Gasteiger charge is 2.09. The van der Waals surface area contributed by atoms with Crippen molar-refractivity contribution < 1.29 is 14.3 Å². The lowest BCUT2D eigenvalue weighted by atomic mass is 10.2. The third-order valence-corrected chi connectivity index (χ3v) is 2.91. The first-order valence-electron chi connectivity index (χ1n) is 6.13. The van der Waals surface area contributed by atoms with Gasteiger partial charge in [-0.25, -0.2) is 14.8 Å². The average molecular weight is 268 g/mol. The smallest absolute Gasteiger partial charge is 0.343 e. The number of methoxy groups -OCH3 is 1. The third-order valence-electron chi connectivity index (χ3n) is 2.91. The van der Waals surface area contributed by atoms with Crippen LogP contribution in [0.5, 0.6) is 5.75 Å². The zero-order valence-corrected chi connectivity index (χ0v) is 10.9. The summed E-state index contributed by atoms with van der Waals surface area (Å²) in [6.45, 7) is -0.149. The molecule has 2 aromatic carbocycles. The Morgan fingerprint density at radius 1 is 1.00 bits per heavy atom. The highest BCUT2D eigenvalue weighted by atomic mass is 16.6. The molecule has 100 valence electrons. The van der Waals surface area contributed by atoms with Gasteiger partial charge in [0.2, 0.25) is 0 Å². The van der Waals surface area contributed by atoms with E-state index in [-0.39, 0.29) is 6.61 Å². The molecule has 1 aromatic heterocycles. The van der Waals surface area contributed by atoms with Gasteiger partial charge in [0.25, 0.3) is 0 Å². The summed E-state index contributed by atoms with van der Waals surface area (Å²) in [5.74, 6) is 0.0851. The number of para-hydroxylation sites is 3. The van der Waals surface area contributed by atoms with Gasteiger partial charge in [-0.3, -0.25) is 0 Å². The molecule has 0 N–H and O–H groups in total. The molecule has 0 spiro atoms. The SMILES string of the molecule is COC(=O)COc1cccc2nc3ccccc3nc12. The predicted molar refractivity (Wildman–Crippen MR) is 74.6 cm³/mol. The number of carbonyl (C=O) groups excluding carboxylic acids is 1. The lowest BCUT2D eigenvalue weighted by Crippen LogP contribution is -2.12. The second kappa shape index (κ2) is 5.13. The van der Waals surface area contributed by atoms with Crippen LogP contribution in [-0.2, 0) is 9.53 Å². The van der Waals surface area contributed by atoms with Crippen LogP contribution in [0.25, 0.3) is 22.1 Å². The molecule has 3 rings (SSSR count). The molecule has 0 aliphatic heterocycles. The van der Waals surface area contributed by atoms with E-state index in [4.69, 9.17) is 4.74 Å². The highest BCUT2D eigenvalue weighted by molar-refractivity contribution is 5.89. The molecule has 0 bridgehead atoms. The third kappa shape index (κ3) is 2.25. The van der Waals surface area contributed by atoms with Gasteiger partial charge < -0.3 is 9.47 Å². The summed E-state index contributed by atoms with van der Waals surface area (Å²) in [5, 5.41) is 0. The van der Waals surface area contributed by atoms with E-state index in [2.05, 4.69) is 14.7 Å². The number of hydrogen-bond acceptors (Lipinski definition) is 5. The molecule has 0 amide bonds. The van der Waals surface area contributed by atoms with Gasteiger partial charge in [-0.15, -0.1) is 0 Å². The topological polar surface area (TPSA) is 61.3 Å². The van der Waals surface area contributed by atoms with E-state index in [0.29, 0.717) is 11.3 Å². The molecule has 0 unspecified atom stereocenters. The number of esters is 1. The quantitative estimate of drug-likeness (QED) is 0.539. The summed E-state index contributed by atoms with van der Waals surface area (Å²) in [5.41, 5.74) is 2.97. The lowest BCUT2D eigenvalue weighted by molar-refractivity contribution is -0.142. The average Bonchev–Trinajstić information content (AvgIpc) is 2.50. The van der Waals surface area contributed by atoms with Crippen LogP contribution in [0.3, 0.4) is 0 Å². The van der Waals surface area contributed by atoms with E-state index in [1.165, 1.54) is 7.11 Å². The van der Waals surface area contributed by atoms with Crippen LogP contribution < -0.4 is 4.74 Å². The number of nitrogens with zero attached hydrogens (tertiary/aromatic N) is 2. The summed E-state index contributed by atoms with van der Waals surface area (Å²) in [6, 6.07) is 13.1. The maximum atomic E-state index is 11.2. The molecule has 3 aromatic rings. The fourth-order valence-electron chi connectivity index (χ4n) is 1.93. The maximum Gasteiger partial charge on any atom is 0.343 e. The van der Waals surface area contributed by atoms with Crippen molar-refractivity contribution in [1.29, 1.82) is 0 Å². The Hall–Kier alpha value is -2.69. The number of rotatable bonds is 3. The monoisotopic (exact) mass is 268 g/mol. The summed E-state index contributed by atoms with van der Waals surface area (Å²) in [7, 11) is 1.32. The van der Waals surface area contributed by atoms with Crippen molar-refractivity contribution >= 4 is 28.0 Å². The van der Waals surface area contributed by atoms with E-state index in [1.807, 2.05) is 36.4 Å². The van der Waals surface area contributed by atoms with Gasteiger partial charge in [-0.05, 0) is 24.3 Å². The van der Waals surface area contributed by atoms with E-state index >= 15 is 0 Å². The number of benzene rings is 2. The summed E-state index contributed by atoms with van der Waals surface area (Å²) in [4.78, 5) is 20.2. The number of carbonyl (C=O) groups is 1. The molecular weight excluding hydrogens is 256 g/mol. The molecule has 0 aliphatic carbocycles. The molecule has 0 atom stereocenters. The van der Waals surface area contributed by atoms with Gasteiger partial charge in [0.05, 0.1) is 23.7 Å². The zero-order valence-electron chi connectivity index (χ0n) is 10.9. The van der Waals surface area contributed by atoms with Crippen molar-refractivity contribution in [2.24, 2.45) is 0 Å². The minimum absolute atomic E-state index is 0.149. The van der Waals surface area contributed by atoms with Crippen molar-refractivity contribution in [3.05, 3.63) is 42.5 Å². The molecular formula is C15H12N2O3. The minimum Gasteiger partial charge on any atom is -0.480 e. The Labute approximate surface area is 115 Å². The summed E-state index contributed by atoms with van der Waals surface area (Å²) in [6.07, 6.45) is 0. The lowest BCUT2D eigenvalue weighted by Gasteiger charge is -2.08. The van der Waals surface area contributed by atoms with Crippen LogP contribution >= 0.6 is 0 Å². The van der Waals surface area contributed by atoms with Crippen LogP contribution in [0.15, 0.2) is 42.5 Å². The number of hydrogen-bond donors (Lipinski definition) is 0. The molecule has 1 heterocycles. The maximum absolute atomic E-state index is 11.2. The van der Waals surface area contributed by atoms with Crippen molar-refractivity contribution in [2.45, 2.75) is 0 Å². The Bertz CT molecular complexity index is 786. The highest BCUT2D eigenvalue weighted by Crippen LogP contribution is 2.24. The number of fused-ring (bicyclic) bond motifs is 2. The van der Waals surface area contributed by atoms with Crippen LogP contribution in [0.1, 0.15) is 0 Å². The standard InChI is InChI=1S/C15H12N2O3/c1-19-14(18)9-20-13-8-4-7-12-15(13)17-11-6-3-2-5-10(11)16-12/h2-8H,9H2,1H3. The molecule has 0 radical (unpaired) electrons. The molecule has 5 heteroatoms. The molecule has 0 aliphatic rings. The van der Waals surface area contributed by atoms with Gasteiger partial charge in [0.1, 0.15) is 11.3 Å². The first-order chi connectivity index (χ1) is 9.78. The number of ether oxygens (including phenoxy) is 2. The van der Waals surface area contributed by atoms with Crippen LogP contribution in [0.2, 0.25) is 0 Å². The van der Waals surface area contributed by atoms with Crippen LogP contribution in [0, 0.1) is 0 Å². The first-order valence-corrected chi connectivity index (χ1v) is 6.13. The fourth-order valence-corrected chi connectivity index (χ4v) is 1.93. The normalized spacial score (nSPS) is 10.7. The molecule has 0 fully saturated rings. The van der Waals surface area contributed by atoms with Crippen molar-refractivity contribution in [3.63, 3.8) is 0 Å². The van der Waals surface area contributed by atoms with Crippen LogP contribution in [0.4, 0.5) is 0 Å². The van der Waals surface area contributed by atoms with E-state index in [1.54, 1.807) is 6.07 Å². The van der Waals surface area contributed by atoms with Gasteiger partial charge in [-0.1, -0.05) is 18.2 Å². The molecule has 5 nitrogen and oxygen atoms in total. The Balaban J connectivity index is 2.08. The van der Waals surface area contributed by atoms with Crippen molar-refractivity contribution in [3.8, 4) is 5.75 Å². The van der Waals surface area contributed by atoms with E-state index in [9.17, 15) is 4.79 Å². The van der Waals surface area contributed by atoms with Gasteiger partial charge in [-0.2, -0.15) is 0 Å². The largest absolute Gasteiger partial charge is 0.480 e. The number of aromatic nitrogens is 2. The predicted octanol–water partition coefficient (Wildman–Crippen LogP) is 2.33. The van der Waals surface area contributed by atoms with Gasteiger partial charge in [0.15, 0.2) is 6.61 Å². The molecule has 20 heavy (non-hydrogen) atoms.